The van der Waals surface area contributed by atoms with E-state index in [9.17, 15) is 9.59 Å². The number of allylic oxidation sites excluding steroid dienone is 1. The quantitative estimate of drug-likeness (QED) is 0.157. The van der Waals surface area contributed by atoms with E-state index < -0.39 is 12.0 Å². The lowest BCUT2D eigenvalue weighted by Gasteiger charge is -2.22. The summed E-state index contributed by atoms with van der Waals surface area (Å²) in [6, 6.07) is 23.0. The van der Waals surface area contributed by atoms with Crippen LogP contribution >= 0.6 is 34.5 Å². The molecular formula is C35H28Cl2N2O6S. The number of nitrogens with zero attached hydrogens (tertiary/aromatic N) is 2. The Hall–Kier alpha value is -4.57. The standard InChI is InChI=1S/C35H28Cl2N2O6S/c1-4-43-34(41)31-20(2)38-35-39(32(31)28-15-14-26(45-28)23-11-12-24(36)25(37)18-23)33(40)30(46-35)17-22-10-13-27(29(16-22)42-3)44-19-21-8-6-5-7-9-21/h5-18,32H,4,19H2,1-3H3/b30-17-/t32-/m0/s1. The molecule has 0 bridgehead atoms. The van der Waals surface area contributed by atoms with E-state index in [0.717, 1.165) is 11.1 Å². The maximum absolute atomic E-state index is 14.1. The van der Waals surface area contributed by atoms with Gasteiger partial charge in [-0.25, -0.2) is 9.79 Å². The molecule has 1 aliphatic heterocycles. The molecule has 0 N–H and O–H groups in total. The molecule has 0 unspecified atom stereocenters. The van der Waals surface area contributed by atoms with Crippen molar-refractivity contribution in [1.82, 2.24) is 4.57 Å². The summed E-state index contributed by atoms with van der Waals surface area (Å²) in [7, 11) is 1.57. The highest BCUT2D eigenvalue weighted by molar-refractivity contribution is 7.07. The van der Waals surface area contributed by atoms with E-state index in [1.807, 2.05) is 42.5 Å². The summed E-state index contributed by atoms with van der Waals surface area (Å²) in [5, 5.41) is 0.792. The third kappa shape index (κ3) is 6.26. The highest BCUT2D eigenvalue weighted by atomic mass is 35.5. The van der Waals surface area contributed by atoms with E-state index in [4.69, 9.17) is 41.8 Å². The minimum Gasteiger partial charge on any atom is -0.493 e. The molecule has 6 rings (SSSR count). The molecule has 0 saturated heterocycles. The van der Waals surface area contributed by atoms with Gasteiger partial charge in [0.05, 0.1) is 39.6 Å². The van der Waals surface area contributed by atoms with Crippen molar-refractivity contribution >= 4 is 46.6 Å². The molecule has 1 atom stereocenters. The largest absolute Gasteiger partial charge is 0.493 e. The molecule has 46 heavy (non-hydrogen) atoms. The topological polar surface area (TPSA) is 92.3 Å². The average molecular weight is 676 g/mol. The number of carbonyl (C=O) groups excluding carboxylic acids is 1. The van der Waals surface area contributed by atoms with Crippen LogP contribution in [0, 0.1) is 0 Å². The molecule has 11 heteroatoms. The van der Waals surface area contributed by atoms with Crippen LogP contribution in [-0.4, -0.2) is 24.3 Å². The van der Waals surface area contributed by atoms with Crippen molar-refractivity contribution in [3.05, 3.63) is 137 Å². The third-order valence-corrected chi connectivity index (χ3v) is 9.06. The first-order valence-corrected chi connectivity index (χ1v) is 15.9. The predicted molar refractivity (Wildman–Crippen MR) is 178 cm³/mol. The molecule has 0 fully saturated rings. The number of hydrogen-bond donors (Lipinski definition) is 0. The fourth-order valence-corrected chi connectivity index (χ4v) is 6.49. The number of halogens is 2. The van der Waals surface area contributed by atoms with Crippen molar-refractivity contribution in [1.29, 1.82) is 0 Å². The maximum atomic E-state index is 14.1. The van der Waals surface area contributed by atoms with Crippen LogP contribution < -0.4 is 24.4 Å². The number of hydrogen-bond acceptors (Lipinski definition) is 8. The summed E-state index contributed by atoms with van der Waals surface area (Å²) in [5.74, 6) is 1.39. The molecule has 0 amide bonds. The van der Waals surface area contributed by atoms with Crippen molar-refractivity contribution in [2.24, 2.45) is 4.99 Å². The molecule has 3 heterocycles. The lowest BCUT2D eigenvalue weighted by Crippen LogP contribution is -2.39. The van der Waals surface area contributed by atoms with E-state index >= 15 is 0 Å². The third-order valence-electron chi connectivity index (χ3n) is 7.34. The number of esters is 1. The Bertz CT molecular complexity index is 2150. The van der Waals surface area contributed by atoms with Crippen molar-refractivity contribution < 1.29 is 23.4 Å². The van der Waals surface area contributed by atoms with Gasteiger partial charge in [-0.15, -0.1) is 0 Å². The normalized spacial score (nSPS) is 14.5. The summed E-state index contributed by atoms with van der Waals surface area (Å²) in [6.07, 6.45) is 1.76. The van der Waals surface area contributed by atoms with E-state index in [-0.39, 0.29) is 17.7 Å². The molecule has 0 saturated carbocycles. The predicted octanol–water partition coefficient (Wildman–Crippen LogP) is 6.95. The highest BCUT2D eigenvalue weighted by Gasteiger charge is 2.35. The lowest BCUT2D eigenvalue weighted by atomic mass is 10.0. The van der Waals surface area contributed by atoms with Gasteiger partial charge >= 0.3 is 5.97 Å². The van der Waals surface area contributed by atoms with Gasteiger partial charge in [0, 0.05) is 5.56 Å². The fraction of sp³-hybridized carbons (Fsp3) is 0.171. The van der Waals surface area contributed by atoms with Gasteiger partial charge in [0.25, 0.3) is 5.56 Å². The van der Waals surface area contributed by atoms with Crippen LogP contribution in [0.15, 0.2) is 104 Å². The maximum Gasteiger partial charge on any atom is 0.338 e. The Labute approximate surface area is 278 Å². The summed E-state index contributed by atoms with van der Waals surface area (Å²) < 4.78 is 25.1. The van der Waals surface area contributed by atoms with Gasteiger partial charge in [0.2, 0.25) is 0 Å². The lowest BCUT2D eigenvalue weighted by molar-refractivity contribution is -0.139. The zero-order valence-corrected chi connectivity index (χ0v) is 27.4. The molecule has 0 spiro atoms. The first-order valence-electron chi connectivity index (χ1n) is 14.4. The van der Waals surface area contributed by atoms with Crippen molar-refractivity contribution in [3.8, 4) is 22.8 Å². The molecule has 0 radical (unpaired) electrons. The Morgan fingerprint density at radius 1 is 1.02 bits per heavy atom. The number of carbonyl (C=O) groups is 1. The monoisotopic (exact) mass is 674 g/mol. The Morgan fingerprint density at radius 3 is 2.57 bits per heavy atom. The number of thiazole rings is 1. The van der Waals surface area contributed by atoms with E-state index in [2.05, 4.69) is 4.99 Å². The molecule has 8 nitrogen and oxygen atoms in total. The van der Waals surface area contributed by atoms with Crippen molar-refractivity contribution in [2.45, 2.75) is 26.5 Å². The second-order valence-electron chi connectivity index (χ2n) is 10.3. The zero-order valence-electron chi connectivity index (χ0n) is 25.1. The smallest absolute Gasteiger partial charge is 0.338 e. The minimum atomic E-state index is -0.905. The van der Waals surface area contributed by atoms with Gasteiger partial charge in [-0.05, 0) is 73.5 Å². The van der Waals surface area contributed by atoms with Crippen LogP contribution in [-0.2, 0) is 16.1 Å². The summed E-state index contributed by atoms with van der Waals surface area (Å²) >= 11 is 13.6. The fourth-order valence-electron chi connectivity index (χ4n) is 5.14. The van der Waals surface area contributed by atoms with Crippen molar-refractivity contribution in [3.63, 3.8) is 0 Å². The Balaban J connectivity index is 1.40. The second kappa shape index (κ2) is 13.4. The van der Waals surface area contributed by atoms with E-state index in [1.165, 1.54) is 15.9 Å². The molecule has 0 aliphatic carbocycles. The number of fused-ring (bicyclic) bond motifs is 1. The first kappa shape index (κ1) is 31.4. The SMILES string of the molecule is CCOC(=O)C1=C(C)N=c2s/c(=C\c3ccc(OCc4ccccc4)c(OC)c3)c(=O)n2[C@H]1c1ccc(-c2ccc(Cl)c(Cl)c2)o1. The number of methoxy groups -OCH3 is 1. The summed E-state index contributed by atoms with van der Waals surface area (Å²) in [4.78, 5) is 32.4. The highest BCUT2D eigenvalue weighted by Crippen LogP contribution is 2.36. The molecule has 5 aromatic rings. The summed E-state index contributed by atoms with van der Waals surface area (Å²) in [5.41, 5.74) is 2.77. The van der Waals surface area contributed by atoms with Crippen LogP contribution in [0.25, 0.3) is 17.4 Å². The molecular weight excluding hydrogens is 647 g/mol. The van der Waals surface area contributed by atoms with E-state index in [0.29, 0.717) is 60.3 Å². The number of rotatable bonds is 9. The number of benzene rings is 3. The van der Waals surface area contributed by atoms with Gasteiger partial charge in [0.1, 0.15) is 24.2 Å². The Kier molecular flexibility index (Phi) is 9.17. The number of ether oxygens (including phenoxy) is 3. The number of aromatic nitrogens is 1. The van der Waals surface area contributed by atoms with Crippen LogP contribution in [0.1, 0.15) is 36.8 Å². The van der Waals surface area contributed by atoms with E-state index in [1.54, 1.807) is 63.4 Å². The molecule has 234 valence electrons. The molecule has 1 aliphatic rings. The summed E-state index contributed by atoms with van der Waals surface area (Å²) in [6.45, 7) is 3.99. The molecule has 3 aromatic carbocycles. The van der Waals surface area contributed by atoms with Gasteiger partial charge in [-0.2, -0.15) is 0 Å². The van der Waals surface area contributed by atoms with Crippen molar-refractivity contribution in [2.75, 3.05) is 13.7 Å². The van der Waals surface area contributed by atoms with Crippen LogP contribution in [0.4, 0.5) is 0 Å². The van der Waals surface area contributed by atoms with Crippen LogP contribution in [0.5, 0.6) is 11.5 Å². The van der Waals surface area contributed by atoms with Gasteiger partial charge in [0.15, 0.2) is 16.3 Å². The van der Waals surface area contributed by atoms with Crippen LogP contribution in [0.3, 0.4) is 0 Å². The van der Waals surface area contributed by atoms with Gasteiger partial charge in [-0.1, -0.05) is 70.9 Å². The second-order valence-corrected chi connectivity index (χ2v) is 12.1. The van der Waals surface area contributed by atoms with Gasteiger partial charge < -0.3 is 18.6 Å². The Morgan fingerprint density at radius 2 is 1.83 bits per heavy atom. The number of furan rings is 1. The first-order chi connectivity index (χ1) is 22.3. The van der Waals surface area contributed by atoms with Gasteiger partial charge in [-0.3, -0.25) is 9.36 Å². The van der Waals surface area contributed by atoms with Crippen LogP contribution in [0.2, 0.25) is 10.0 Å². The average Bonchev–Trinajstić information content (AvgIpc) is 3.66. The zero-order chi connectivity index (χ0) is 32.4. The minimum absolute atomic E-state index is 0.159. The molecule has 2 aromatic heterocycles.